The Hall–Kier alpha value is -3.38. The monoisotopic (exact) mass is 474 g/mol. The number of H-pyrrole nitrogens is 1. The van der Waals surface area contributed by atoms with E-state index in [1.165, 1.54) is 5.56 Å². The first-order valence-electron chi connectivity index (χ1n) is 12.2. The van der Waals surface area contributed by atoms with Crippen LogP contribution in [-0.4, -0.2) is 39.8 Å². The summed E-state index contributed by atoms with van der Waals surface area (Å²) in [5.74, 6) is 0. The minimum absolute atomic E-state index is 0.0705. The summed E-state index contributed by atoms with van der Waals surface area (Å²) >= 11 is 0. The van der Waals surface area contributed by atoms with Gasteiger partial charge in [-0.05, 0) is 61.9 Å². The molecule has 0 aliphatic carbocycles. The maximum atomic E-state index is 13.0. The zero-order chi connectivity index (χ0) is 25.1. The third-order valence-electron chi connectivity index (χ3n) is 6.71. The van der Waals surface area contributed by atoms with Crippen LogP contribution in [0.25, 0.3) is 11.1 Å². The Balaban J connectivity index is 1.36. The number of cyclic esters (lactones) is 1. The van der Waals surface area contributed by atoms with Crippen molar-refractivity contribution in [1.82, 2.24) is 9.88 Å². The molecular weight excluding hydrogens is 440 g/mol. The summed E-state index contributed by atoms with van der Waals surface area (Å²) in [6, 6.07) is 19.9. The number of nitrogens with one attached hydrogen (secondary N) is 1. The van der Waals surface area contributed by atoms with Crippen LogP contribution in [0.5, 0.6) is 0 Å². The molecule has 0 radical (unpaired) electrons. The molecule has 1 aliphatic heterocycles. The van der Waals surface area contributed by atoms with E-state index >= 15 is 0 Å². The normalized spacial score (nSPS) is 18.4. The summed E-state index contributed by atoms with van der Waals surface area (Å²) in [5.41, 5.74) is 2.91. The zero-order valence-corrected chi connectivity index (χ0v) is 20.7. The summed E-state index contributed by atoms with van der Waals surface area (Å²) in [5, 5.41) is 10.5. The molecule has 2 N–H and O–H groups in total. The second kappa shape index (κ2) is 10.1. The van der Waals surface area contributed by atoms with Crippen molar-refractivity contribution in [1.29, 1.82) is 0 Å². The highest BCUT2D eigenvalue weighted by molar-refractivity contribution is 5.69. The van der Waals surface area contributed by atoms with Crippen molar-refractivity contribution >= 4 is 6.09 Å². The van der Waals surface area contributed by atoms with Crippen LogP contribution in [0, 0.1) is 6.92 Å². The summed E-state index contributed by atoms with van der Waals surface area (Å²) < 4.78 is 6.04. The zero-order valence-electron chi connectivity index (χ0n) is 20.7. The second-order valence-corrected chi connectivity index (χ2v) is 10.1. The van der Waals surface area contributed by atoms with Gasteiger partial charge in [-0.2, -0.15) is 0 Å². The average molecular weight is 475 g/mol. The molecule has 35 heavy (non-hydrogen) atoms. The minimum atomic E-state index is -0.962. The molecule has 3 aromatic rings. The van der Waals surface area contributed by atoms with Gasteiger partial charge in [-0.15, -0.1) is 0 Å². The van der Waals surface area contributed by atoms with Gasteiger partial charge in [0.15, 0.2) is 0 Å². The molecule has 0 saturated carbocycles. The van der Waals surface area contributed by atoms with Gasteiger partial charge < -0.3 is 19.7 Å². The Kier molecular flexibility index (Phi) is 7.13. The first kappa shape index (κ1) is 24.7. The van der Waals surface area contributed by atoms with Gasteiger partial charge in [-0.3, -0.25) is 4.79 Å². The van der Waals surface area contributed by atoms with E-state index in [-0.39, 0.29) is 11.7 Å². The fourth-order valence-corrected chi connectivity index (χ4v) is 4.96. The smallest absolute Gasteiger partial charge is 0.410 e. The van der Waals surface area contributed by atoms with Crippen LogP contribution in [0.3, 0.4) is 0 Å². The lowest BCUT2D eigenvalue weighted by atomic mass is 9.80. The van der Waals surface area contributed by atoms with E-state index < -0.39 is 11.2 Å². The number of carbonyl (C=O) groups excluding carboxylic acids is 1. The highest BCUT2D eigenvalue weighted by Crippen LogP contribution is 2.40. The average Bonchev–Trinajstić information content (AvgIpc) is 2.82. The Morgan fingerprint density at radius 3 is 2.43 bits per heavy atom. The summed E-state index contributed by atoms with van der Waals surface area (Å²) in [6.45, 7) is 6.53. The molecule has 1 aromatic heterocycles. The van der Waals surface area contributed by atoms with Crippen molar-refractivity contribution in [3.05, 3.63) is 93.9 Å². The van der Waals surface area contributed by atoms with Crippen LogP contribution >= 0.6 is 0 Å². The molecule has 1 fully saturated rings. The van der Waals surface area contributed by atoms with Gasteiger partial charge in [0.05, 0.1) is 5.60 Å². The number of carbonyl (C=O) groups is 1. The van der Waals surface area contributed by atoms with Crippen LogP contribution in [0.15, 0.2) is 71.7 Å². The number of aromatic amines is 1. The summed E-state index contributed by atoms with van der Waals surface area (Å²) in [6.07, 6.45) is 3.99. The molecule has 1 amide bonds. The number of nitrogens with zero attached hydrogens (tertiary/aromatic N) is 1. The lowest BCUT2D eigenvalue weighted by Crippen LogP contribution is -2.50. The Morgan fingerprint density at radius 1 is 1.06 bits per heavy atom. The molecule has 4 rings (SSSR count). The predicted octanol–water partition coefficient (Wildman–Crippen LogP) is 5.18. The molecule has 1 atom stereocenters. The Bertz CT molecular complexity index is 1210. The molecule has 0 unspecified atom stereocenters. The summed E-state index contributed by atoms with van der Waals surface area (Å²) in [4.78, 5) is 29.3. The van der Waals surface area contributed by atoms with Crippen molar-refractivity contribution in [2.24, 2.45) is 0 Å². The van der Waals surface area contributed by atoms with Crippen LogP contribution < -0.4 is 5.56 Å². The SMILES string of the molecule is Cc1c(-c2ccc(CCCN3CC[C@](CC(C)(C)O)(c4ccccc4)OC3=O)cc2)cc[nH]c1=O. The van der Waals surface area contributed by atoms with E-state index in [0.29, 0.717) is 31.5 Å². The van der Waals surface area contributed by atoms with Crippen molar-refractivity contribution in [3.63, 3.8) is 0 Å². The number of amides is 1. The Labute approximate surface area is 206 Å². The molecule has 6 nitrogen and oxygen atoms in total. The van der Waals surface area contributed by atoms with Gasteiger partial charge in [-0.25, -0.2) is 4.79 Å². The maximum Gasteiger partial charge on any atom is 0.410 e. The van der Waals surface area contributed by atoms with Gasteiger partial charge in [0.1, 0.15) is 5.60 Å². The number of aromatic nitrogens is 1. The molecule has 0 bridgehead atoms. The molecule has 6 heteroatoms. The first-order valence-corrected chi connectivity index (χ1v) is 12.2. The van der Waals surface area contributed by atoms with Crippen molar-refractivity contribution in [2.45, 2.75) is 57.7 Å². The van der Waals surface area contributed by atoms with E-state index in [0.717, 1.165) is 29.5 Å². The third-order valence-corrected chi connectivity index (χ3v) is 6.71. The van der Waals surface area contributed by atoms with E-state index in [1.807, 2.05) is 55.5 Å². The number of benzene rings is 2. The van der Waals surface area contributed by atoms with E-state index in [2.05, 4.69) is 17.1 Å². The highest BCUT2D eigenvalue weighted by atomic mass is 16.6. The fraction of sp³-hybridized carbons (Fsp3) is 0.379. The molecule has 2 heterocycles. The quantitative estimate of drug-likeness (QED) is 0.471. The number of hydrogen-bond donors (Lipinski definition) is 2. The molecule has 184 valence electrons. The number of rotatable bonds is 8. The topological polar surface area (TPSA) is 82.6 Å². The molecule has 2 aromatic carbocycles. The molecule has 1 aliphatic rings. The molecule has 0 spiro atoms. The standard InChI is InChI=1S/C29H34N2O4/c1-21-25(15-17-30-26(21)32)23-13-11-22(12-14-23)8-7-18-31-19-16-29(35-27(31)33,20-28(2,3)34)24-9-5-4-6-10-24/h4-6,9-15,17,34H,7-8,16,18-20H2,1-3H3,(H,30,32)/t29-/m0/s1. The van der Waals surface area contributed by atoms with Crippen LogP contribution in [0.2, 0.25) is 0 Å². The highest BCUT2D eigenvalue weighted by Gasteiger charge is 2.45. The fourth-order valence-electron chi connectivity index (χ4n) is 4.96. The van der Waals surface area contributed by atoms with Crippen LogP contribution in [0.1, 0.15) is 49.8 Å². The number of aryl methyl sites for hydroxylation is 1. The van der Waals surface area contributed by atoms with Crippen LogP contribution in [0.4, 0.5) is 4.79 Å². The predicted molar refractivity (Wildman–Crippen MR) is 137 cm³/mol. The van der Waals surface area contributed by atoms with E-state index in [4.69, 9.17) is 4.74 Å². The largest absolute Gasteiger partial charge is 0.438 e. The van der Waals surface area contributed by atoms with Gasteiger partial charge >= 0.3 is 6.09 Å². The number of hydrogen-bond acceptors (Lipinski definition) is 4. The number of aliphatic hydroxyl groups is 1. The van der Waals surface area contributed by atoms with Gasteiger partial charge in [-0.1, -0.05) is 54.6 Å². The molecule has 1 saturated heterocycles. The first-order chi connectivity index (χ1) is 16.7. The van der Waals surface area contributed by atoms with Gasteiger partial charge in [0, 0.05) is 37.7 Å². The summed E-state index contributed by atoms with van der Waals surface area (Å²) in [7, 11) is 0. The van der Waals surface area contributed by atoms with Crippen molar-refractivity contribution in [3.8, 4) is 11.1 Å². The van der Waals surface area contributed by atoms with Gasteiger partial charge in [0.2, 0.25) is 0 Å². The van der Waals surface area contributed by atoms with Crippen molar-refractivity contribution < 1.29 is 14.6 Å². The lowest BCUT2D eigenvalue weighted by molar-refractivity contribution is -0.0962. The van der Waals surface area contributed by atoms with Gasteiger partial charge in [0.25, 0.3) is 5.56 Å². The minimum Gasteiger partial charge on any atom is -0.438 e. The van der Waals surface area contributed by atoms with E-state index in [9.17, 15) is 14.7 Å². The second-order valence-electron chi connectivity index (χ2n) is 10.1. The number of pyridine rings is 1. The lowest BCUT2D eigenvalue weighted by Gasteiger charge is -2.44. The maximum absolute atomic E-state index is 13.0. The number of ether oxygens (including phenoxy) is 1. The van der Waals surface area contributed by atoms with Crippen LogP contribution in [-0.2, 0) is 16.8 Å². The van der Waals surface area contributed by atoms with Crippen molar-refractivity contribution in [2.75, 3.05) is 13.1 Å². The molecular formula is C29H34N2O4. The third kappa shape index (κ3) is 5.82. The Morgan fingerprint density at radius 2 is 1.77 bits per heavy atom. The van der Waals surface area contributed by atoms with E-state index in [1.54, 1.807) is 24.9 Å².